The van der Waals surface area contributed by atoms with Crippen LogP contribution in [-0.2, 0) is 6.54 Å². The van der Waals surface area contributed by atoms with Crippen LogP contribution in [0.3, 0.4) is 0 Å². The summed E-state index contributed by atoms with van der Waals surface area (Å²) in [5.74, 6) is 0.358. The molecule has 0 atom stereocenters. The van der Waals surface area contributed by atoms with Gasteiger partial charge in [-0.2, -0.15) is 0 Å². The van der Waals surface area contributed by atoms with Crippen molar-refractivity contribution in [2.75, 3.05) is 5.32 Å². The number of carbonyl (C=O) groups is 1. The molecule has 110 valence electrons. The van der Waals surface area contributed by atoms with Crippen molar-refractivity contribution in [3.63, 3.8) is 0 Å². The van der Waals surface area contributed by atoms with Gasteiger partial charge in [0, 0.05) is 23.4 Å². The maximum Gasteiger partial charge on any atom is 0.273 e. The molecule has 0 aliphatic heterocycles. The number of benzene rings is 1. The lowest BCUT2D eigenvalue weighted by Gasteiger charge is -2.09. The van der Waals surface area contributed by atoms with Crippen LogP contribution in [0, 0.1) is 0 Å². The molecule has 0 bridgehead atoms. The predicted molar refractivity (Wildman–Crippen MR) is 89.9 cm³/mol. The standard InChI is InChI=1S/C17H14BrN3O/c18-14-8-9-16(19-11-14)20-17(22)15-7-4-10-21(15)12-13-5-2-1-3-6-13/h1-11H,12H2,(H,19,20,22). The molecule has 2 heterocycles. The summed E-state index contributed by atoms with van der Waals surface area (Å²) in [6.45, 7) is 0.657. The van der Waals surface area contributed by atoms with Gasteiger partial charge in [-0.3, -0.25) is 4.79 Å². The molecule has 0 aliphatic rings. The van der Waals surface area contributed by atoms with Crippen molar-refractivity contribution in [3.05, 3.63) is 82.7 Å². The van der Waals surface area contributed by atoms with Gasteiger partial charge in [0.15, 0.2) is 0 Å². The van der Waals surface area contributed by atoms with E-state index in [0.717, 1.165) is 10.0 Å². The summed E-state index contributed by atoms with van der Waals surface area (Å²) in [7, 11) is 0. The van der Waals surface area contributed by atoms with Crippen LogP contribution >= 0.6 is 15.9 Å². The number of hydrogen-bond donors (Lipinski definition) is 1. The fraction of sp³-hybridized carbons (Fsp3) is 0.0588. The van der Waals surface area contributed by atoms with Gasteiger partial charge in [0.2, 0.25) is 0 Å². The molecular weight excluding hydrogens is 342 g/mol. The van der Waals surface area contributed by atoms with E-state index in [1.54, 1.807) is 18.3 Å². The van der Waals surface area contributed by atoms with E-state index in [0.29, 0.717) is 18.1 Å². The zero-order valence-corrected chi connectivity index (χ0v) is 13.3. The number of anilines is 1. The number of aromatic nitrogens is 2. The highest BCUT2D eigenvalue weighted by atomic mass is 79.9. The van der Waals surface area contributed by atoms with E-state index in [2.05, 4.69) is 26.2 Å². The average molecular weight is 356 g/mol. The summed E-state index contributed by atoms with van der Waals surface area (Å²) in [5.41, 5.74) is 1.75. The third-order valence-electron chi connectivity index (χ3n) is 3.23. The fourth-order valence-corrected chi connectivity index (χ4v) is 2.40. The van der Waals surface area contributed by atoms with Crippen LogP contribution in [0.15, 0.2) is 71.5 Å². The third kappa shape index (κ3) is 3.43. The molecule has 1 aromatic carbocycles. The van der Waals surface area contributed by atoms with Crippen LogP contribution in [0.5, 0.6) is 0 Å². The Morgan fingerprint density at radius 1 is 1.09 bits per heavy atom. The minimum atomic E-state index is -0.171. The molecule has 3 rings (SSSR count). The smallest absolute Gasteiger partial charge is 0.273 e. The minimum absolute atomic E-state index is 0.171. The zero-order chi connectivity index (χ0) is 15.4. The Bertz CT molecular complexity index is 766. The monoisotopic (exact) mass is 355 g/mol. The second kappa shape index (κ2) is 6.58. The normalized spacial score (nSPS) is 10.4. The Morgan fingerprint density at radius 3 is 2.64 bits per heavy atom. The number of pyridine rings is 1. The van der Waals surface area contributed by atoms with Gasteiger partial charge in [0.25, 0.3) is 5.91 Å². The molecule has 0 saturated heterocycles. The summed E-state index contributed by atoms with van der Waals surface area (Å²) in [4.78, 5) is 16.5. The van der Waals surface area contributed by atoms with Gasteiger partial charge in [-0.05, 0) is 45.8 Å². The number of halogens is 1. The van der Waals surface area contributed by atoms with Gasteiger partial charge in [-0.1, -0.05) is 30.3 Å². The molecule has 0 aliphatic carbocycles. The summed E-state index contributed by atoms with van der Waals surface area (Å²) in [6, 6.07) is 17.3. The predicted octanol–water partition coefficient (Wildman–Crippen LogP) is 3.95. The van der Waals surface area contributed by atoms with Crippen molar-refractivity contribution >= 4 is 27.7 Å². The van der Waals surface area contributed by atoms with Crippen molar-refractivity contribution < 1.29 is 4.79 Å². The van der Waals surface area contributed by atoms with Gasteiger partial charge in [0.1, 0.15) is 11.5 Å². The maximum absolute atomic E-state index is 12.4. The largest absolute Gasteiger partial charge is 0.339 e. The van der Waals surface area contributed by atoms with E-state index in [1.165, 1.54) is 0 Å². The number of amides is 1. The van der Waals surface area contributed by atoms with Gasteiger partial charge in [0.05, 0.1) is 0 Å². The molecule has 3 aromatic rings. The summed E-state index contributed by atoms with van der Waals surface area (Å²) in [5, 5.41) is 2.81. The molecule has 22 heavy (non-hydrogen) atoms. The number of nitrogens with one attached hydrogen (secondary N) is 1. The average Bonchev–Trinajstić information content (AvgIpc) is 2.99. The Balaban J connectivity index is 1.76. The van der Waals surface area contributed by atoms with Crippen LogP contribution < -0.4 is 5.32 Å². The molecule has 2 aromatic heterocycles. The van der Waals surface area contributed by atoms with E-state index in [1.807, 2.05) is 53.2 Å². The van der Waals surface area contributed by atoms with Crippen LogP contribution in [-0.4, -0.2) is 15.5 Å². The Morgan fingerprint density at radius 2 is 1.91 bits per heavy atom. The topological polar surface area (TPSA) is 46.9 Å². The molecule has 1 amide bonds. The van der Waals surface area contributed by atoms with Crippen LogP contribution in [0.4, 0.5) is 5.82 Å². The van der Waals surface area contributed by atoms with Crippen LogP contribution in [0.2, 0.25) is 0 Å². The molecule has 0 spiro atoms. The van der Waals surface area contributed by atoms with Gasteiger partial charge in [-0.15, -0.1) is 0 Å². The van der Waals surface area contributed by atoms with E-state index in [4.69, 9.17) is 0 Å². The van der Waals surface area contributed by atoms with E-state index >= 15 is 0 Å². The first-order chi connectivity index (χ1) is 10.7. The molecule has 0 radical (unpaired) electrons. The van der Waals surface area contributed by atoms with E-state index < -0.39 is 0 Å². The van der Waals surface area contributed by atoms with Crippen molar-refractivity contribution in [1.29, 1.82) is 0 Å². The molecule has 1 N–H and O–H groups in total. The van der Waals surface area contributed by atoms with Crippen molar-refractivity contribution in [2.45, 2.75) is 6.54 Å². The van der Waals surface area contributed by atoms with Crippen molar-refractivity contribution in [3.8, 4) is 0 Å². The maximum atomic E-state index is 12.4. The quantitative estimate of drug-likeness (QED) is 0.770. The first-order valence-corrected chi connectivity index (χ1v) is 7.63. The molecule has 0 unspecified atom stereocenters. The Hall–Kier alpha value is -2.40. The third-order valence-corrected chi connectivity index (χ3v) is 3.70. The summed E-state index contributed by atoms with van der Waals surface area (Å²) in [6.07, 6.45) is 3.55. The second-order valence-corrected chi connectivity index (χ2v) is 5.74. The van der Waals surface area contributed by atoms with Gasteiger partial charge < -0.3 is 9.88 Å². The van der Waals surface area contributed by atoms with Gasteiger partial charge in [-0.25, -0.2) is 4.98 Å². The second-order valence-electron chi connectivity index (χ2n) is 4.82. The lowest BCUT2D eigenvalue weighted by atomic mass is 10.2. The van der Waals surface area contributed by atoms with E-state index in [9.17, 15) is 4.79 Å². The van der Waals surface area contributed by atoms with E-state index in [-0.39, 0.29) is 5.91 Å². The lowest BCUT2D eigenvalue weighted by molar-refractivity contribution is 0.101. The number of carbonyl (C=O) groups excluding carboxylic acids is 1. The molecule has 5 heteroatoms. The molecule has 0 saturated carbocycles. The number of rotatable bonds is 4. The SMILES string of the molecule is O=C(Nc1ccc(Br)cn1)c1cccn1Cc1ccccc1. The number of nitrogens with zero attached hydrogens (tertiary/aromatic N) is 2. The van der Waals surface area contributed by atoms with Crippen molar-refractivity contribution in [2.24, 2.45) is 0 Å². The fourth-order valence-electron chi connectivity index (χ4n) is 2.17. The first-order valence-electron chi connectivity index (χ1n) is 6.84. The molecule has 0 fully saturated rings. The Labute approximate surface area is 136 Å². The highest BCUT2D eigenvalue weighted by Gasteiger charge is 2.11. The van der Waals surface area contributed by atoms with Crippen LogP contribution in [0.1, 0.15) is 16.1 Å². The highest BCUT2D eigenvalue weighted by Crippen LogP contribution is 2.13. The summed E-state index contributed by atoms with van der Waals surface area (Å²) >= 11 is 3.32. The number of hydrogen-bond acceptors (Lipinski definition) is 2. The minimum Gasteiger partial charge on any atom is -0.339 e. The summed E-state index contributed by atoms with van der Waals surface area (Å²) < 4.78 is 2.79. The lowest BCUT2D eigenvalue weighted by Crippen LogP contribution is -2.17. The van der Waals surface area contributed by atoms with Gasteiger partial charge >= 0.3 is 0 Å². The molecular formula is C17H14BrN3O. The van der Waals surface area contributed by atoms with Crippen LogP contribution in [0.25, 0.3) is 0 Å². The Kier molecular flexibility index (Phi) is 4.34. The first kappa shape index (κ1) is 14.5. The highest BCUT2D eigenvalue weighted by molar-refractivity contribution is 9.10. The zero-order valence-electron chi connectivity index (χ0n) is 11.7. The van der Waals surface area contributed by atoms with Crippen molar-refractivity contribution in [1.82, 2.24) is 9.55 Å². The molecule has 4 nitrogen and oxygen atoms in total.